The van der Waals surface area contributed by atoms with Gasteiger partial charge in [-0.05, 0) is 50.6 Å². The quantitative estimate of drug-likeness (QED) is 0.635. The van der Waals surface area contributed by atoms with Gasteiger partial charge >= 0.3 is 0 Å². The van der Waals surface area contributed by atoms with Crippen molar-refractivity contribution < 1.29 is 9.53 Å². The van der Waals surface area contributed by atoms with E-state index in [0.717, 1.165) is 22.6 Å². The number of hydrogen-bond acceptors (Lipinski definition) is 5. The molecular formula is C22H24N4O2. The second kappa shape index (κ2) is 8.99. The number of benzene rings is 2. The molecule has 1 aromatic heterocycles. The van der Waals surface area contributed by atoms with E-state index in [1.54, 1.807) is 12.1 Å². The third kappa shape index (κ3) is 5.54. The summed E-state index contributed by atoms with van der Waals surface area (Å²) in [6.07, 6.45) is 0.364. The third-order valence-electron chi connectivity index (χ3n) is 3.89. The number of para-hydroxylation sites is 2. The lowest BCUT2D eigenvalue weighted by atomic mass is 10.1. The maximum absolute atomic E-state index is 12.2. The van der Waals surface area contributed by atoms with Crippen molar-refractivity contribution in [3.05, 3.63) is 71.8 Å². The van der Waals surface area contributed by atoms with Crippen LogP contribution in [-0.2, 0) is 11.2 Å². The molecule has 0 unspecified atom stereocenters. The molecular weight excluding hydrogens is 352 g/mol. The third-order valence-corrected chi connectivity index (χ3v) is 3.89. The van der Waals surface area contributed by atoms with E-state index in [9.17, 15) is 4.79 Å². The van der Waals surface area contributed by atoms with Crippen LogP contribution in [0, 0.1) is 6.92 Å². The SMILES string of the molecule is Cc1cccc(CC(=O)Nc2ccc(Nc3ccccc3OC(C)C)nn2)c1. The van der Waals surface area contributed by atoms with Crippen LogP contribution in [0.1, 0.15) is 25.0 Å². The Morgan fingerprint density at radius 1 is 1.00 bits per heavy atom. The molecule has 3 aromatic rings. The van der Waals surface area contributed by atoms with Crippen molar-refractivity contribution in [2.75, 3.05) is 10.6 Å². The zero-order chi connectivity index (χ0) is 19.9. The van der Waals surface area contributed by atoms with Crippen LogP contribution in [0.15, 0.2) is 60.7 Å². The number of aryl methyl sites for hydroxylation is 1. The van der Waals surface area contributed by atoms with Gasteiger partial charge in [-0.15, -0.1) is 10.2 Å². The van der Waals surface area contributed by atoms with E-state index >= 15 is 0 Å². The summed E-state index contributed by atoms with van der Waals surface area (Å²) in [5, 5.41) is 14.2. The number of nitrogens with one attached hydrogen (secondary N) is 2. The van der Waals surface area contributed by atoms with Gasteiger partial charge in [0.25, 0.3) is 0 Å². The minimum atomic E-state index is -0.128. The summed E-state index contributed by atoms with van der Waals surface area (Å²) in [5.41, 5.74) is 2.90. The molecule has 0 aliphatic rings. The van der Waals surface area contributed by atoms with E-state index in [-0.39, 0.29) is 12.0 Å². The first kappa shape index (κ1) is 19.4. The summed E-state index contributed by atoms with van der Waals surface area (Å²) in [6, 6.07) is 19.0. The molecule has 0 spiro atoms. The van der Waals surface area contributed by atoms with Crippen LogP contribution in [0.2, 0.25) is 0 Å². The van der Waals surface area contributed by atoms with Crippen molar-refractivity contribution in [2.24, 2.45) is 0 Å². The molecule has 0 aliphatic carbocycles. The first-order valence-corrected chi connectivity index (χ1v) is 9.21. The summed E-state index contributed by atoms with van der Waals surface area (Å²) >= 11 is 0. The average molecular weight is 376 g/mol. The van der Waals surface area contributed by atoms with Crippen LogP contribution in [0.5, 0.6) is 5.75 Å². The van der Waals surface area contributed by atoms with Gasteiger partial charge in [0.15, 0.2) is 11.6 Å². The predicted octanol–water partition coefficient (Wildman–Crippen LogP) is 4.50. The normalized spacial score (nSPS) is 10.6. The van der Waals surface area contributed by atoms with Crippen LogP contribution in [-0.4, -0.2) is 22.2 Å². The number of anilines is 3. The van der Waals surface area contributed by atoms with Crippen molar-refractivity contribution in [3.8, 4) is 5.75 Å². The Morgan fingerprint density at radius 2 is 1.75 bits per heavy atom. The Labute approximate surface area is 165 Å². The van der Waals surface area contributed by atoms with E-state index < -0.39 is 0 Å². The van der Waals surface area contributed by atoms with Gasteiger partial charge < -0.3 is 15.4 Å². The molecule has 0 bridgehead atoms. The minimum Gasteiger partial charge on any atom is -0.489 e. The molecule has 0 aliphatic heterocycles. The molecule has 0 radical (unpaired) electrons. The predicted molar refractivity (Wildman–Crippen MR) is 111 cm³/mol. The number of carbonyl (C=O) groups excluding carboxylic acids is 1. The summed E-state index contributed by atoms with van der Waals surface area (Å²) in [6.45, 7) is 5.96. The number of ether oxygens (including phenoxy) is 1. The van der Waals surface area contributed by atoms with E-state index in [4.69, 9.17) is 4.74 Å². The van der Waals surface area contributed by atoms with Crippen molar-refractivity contribution in [1.29, 1.82) is 0 Å². The number of aromatic nitrogens is 2. The first-order valence-electron chi connectivity index (χ1n) is 9.21. The highest BCUT2D eigenvalue weighted by atomic mass is 16.5. The largest absolute Gasteiger partial charge is 0.489 e. The fourth-order valence-electron chi connectivity index (χ4n) is 2.72. The molecule has 0 saturated carbocycles. The molecule has 6 nitrogen and oxygen atoms in total. The van der Waals surface area contributed by atoms with Crippen LogP contribution in [0.25, 0.3) is 0 Å². The lowest BCUT2D eigenvalue weighted by Crippen LogP contribution is -2.15. The number of hydrogen-bond donors (Lipinski definition) is 2. The lowest BCUT2D eigenvalue weighted by molar-refractivity contribution is -0.115. The second-order valence-electron chi connectivity index (χ2n) is 6.81. The van der Waals surface area contributed by atoms with Crippen molar-refractivity contribution in [3.63, 3.8) is 0 Å². The summed E-state index contributed by atoms with van der Waals surface area (Å²) in [7, 11) is 0. The van der Waals surface area contributed by atoms with Crippen LogP contribution >= 0.6 is 0 Å². The molecule has 0 saturated heterocycles. The fraction of sp³-hybridized carbons (Fsp3) is 0.227. The monoisotopic (exact) mass is 376 g/mol. The molecule has 0 fully saturated rings. The number of carbonyl (C=O) groups is 1. The van der Waals surface area contributed by atoms with Gasteiger partial charge in [0.05, 0.1) is 18.2 Å². The van der Waals surface area contributed by atoms with Crippen molar-refractivity contribution >= 4 is 23.2 Å². The minimum absolute atomic E-state index is 0.0695. The molecule has 6 heteroatoms. The van der Waals surface area contributed by atoms with Gasteiger partial charge in [0.2, 0.25) is 5.91 Å². The lowest BCUT2D eigenvalue weighted by Gasteiger charge is -2.15. The standard InChI is InChI=1S/C22H24N4O2/c1-15(2)28-19-10-5-4-9-18(19)23-20-11-12-21(26-25-20)24-22(27)14-17-8-6-7-16(3)13-17/h4-13,15H,14H2,1-3H3,(H,23,25)(H,24,26,27). The van der Waals surface area contributed by atoms with E-state index in [1.807, 2.05) is 69.3 Å². The summed E-state index contributed by atoms with van der Waals surface area (Å²) < 4.78 is 5.79. The molecule has 1 amide bonds. The molecule has 2 N–H and O–H groups in total. The summed E-state index contributed by atoms with van der Waals surface area (Å²) in [5.74, 6) is 1.59. The van der Waals surface area contributed by atoms with Crippen LogP contribution < -0.4 is 15.4 Å². The van der Waals surface area contributed by atoms with E-state index in [1.165, 1.54) is 0 Å². The van der Waals surface area contributed by atoms with Gasteiger partial charge in [-0.25, -0.2) is 0 Å². The van der Waals surface area contributed by atoms with E-state index in [0.29, 0.717) is 18.1 Å². The maximum atomic E-state index is 12.2. The van der Waals surface area contributed by atoms with E-state index in [2.05, 4.69) is 20.8 Å². The van der Waals surface area contributed by atoms with Crippen molar-refractivity contribution in [2.45, 2.75) is 33.3 Å². The molecule has 144 valence electrons. The van der Waals surface area contributed by atoms with Gasteiger partial charge in [-0.2, -0.15) is 0 Å². The Kier molecular flexibility index (Phi) is 6.22. The first-order chi connectivity index (χ1) is 13.5. The highest BCUT2D eigenvalue weighted by Gasteiger charge is 2.08. The number of rotatable bonds is 7. The fourth-order valence-corrected chi connectivity index (χ4v) is 2.72. The maximum Gasteiger partial charge on any atom is 0.229 e. The molecule has 2 aromatic carbocycles. The molecule has 3 rings (SSSR count). The Morgan fingerprint density at radius 3 is 2.46 bits per heavy atom. The Hall–Kier alpha value is -3.41. The van der Waals surface area contributed by atoms with Gasteiger partial charge in [-0.3, -0.25) is 4.79 Å². The van der Waals surface area contributed by atoms with Gasteiger partial charge in [0, 0.05) is 0 Å². The van der Waals surface area contributed by atoms with Crippen molar-refractivity contribution in [1.82, 2.24) is 10.2 Å². The van der Waals surface area contributed by atoms with Gasteiger partial charge in [-0.1, -0.05) is 42.0 Å². The Balaban J connectivity index is 1.62. The van der Waals surface area contributed by atoms with Crippen LogP contribution in [0.3, 0.4) is 0 Å². The number of amides is 1. The second-order valence-corrected chi connectivity index (χ2v) is 6.81. The smallest absolute Gasteiger partial charge is 0.229 e. The highest BCUT2D eigenvalue weighted by molar-refractivity contribution is 5.91. The number of nitrogens with zero attached hydrogens (tertiary/aromatic N) is 2. The molecule has 1 heterocycles. The Bertz CT molecular complexity index is 939. The zero-order valence-electron chi connectivity index (χ0n) is 16.3. The van der Waals surface area contributed by atoms with Crippen LogP contribution in [0.4, 0.5) is 17.3 Å². The van der Waals surface area contributed by atoms with Gasteiger partial charge in [0.1, 0.15) is 5.75 Å². The highest BCUT2D eigenvalue weighted by Crippen LogP contribution is 2.27. The average Bonchev–Trinajstić information content (AvgIpc) is 2.64. The molecule has 28 heavy (non-hydrogen) atoms. The zero-order valence-corrected chi connectivity index (χ0v) is 16.3. The topological polar surface area (TPSA) is 76.1 Å². The molecule has 0 atom stereocenters. The summed E-state index contributed by atoms with van der Waals surface area (Å²) in [4.78, 5) is 12.2.